The predicted molar refractivity (Wildman–Crippen MR) is 73.7 cm³/mol. The van der Waals surface area contributed by atoms with E-state index < -0.39 is 0 Å². The van der Waals surface area contributed by atoms with Gasteiger partial charge in [-0.2, -0.15) is 0 Å². The van der Waals surface area contributed by atoms with E-state index in [1.807, 2.05) is 18.3 Å². The third kappa shape index (κ3) is 2.77. The van der Waals surface area contributed by atoms with Gasteiger partial charge in [-0.25, -0.2) is 4.98 Å². The lowest BCUT2D eigenvalue weighted by atomic mass is 10.1. The quantitative estimate of drug-likeness (QED) is 0.623. The first-order valence-electron chi connectivity index (χ1n) is 6.25. The summed E-state index contributed by atoms with van der Waals surface area (Å²) in [5.74, 6) is 0.839. The molecule has 92 valence electrons. The summed E-state index contributed by atoms with van der Waals surface area (Å²) in [7, 11) is 0. The number of aromatic nitrogens is 2. The van der Waals surface area contributed by atoms with Gasteiger partial charge in [-0.15, -0.1) is 0 Å². The molecule has 4 nitrogen and oxygen atoms in total. The van der Waals surface area contributed by atoms with Crippen LogP contribution in [0.3, 0.4) is 0 Å². The van der Waals surface area contributed by atoms with Gasteiger partial charge < -0.3 is 10.3 Å². The Bertz CT molecular complexity index is 509. The molecule has 18 heavy (non-hydrogen) atoms. The van der Waals surface area contributed by atoms with Gasteiger partial charge in [0.05, 0.1) is 24.6 Å². The van der Waals surface area contributed by atoms with Gasteiger partial charge in [0.1, 0.15) is 0 Å². The van der Waals surface area contributed by atoms with Crippen molar-refractivity contribution in [2.24, 2.45) is 10.9 Å². The first kappa shape index (κ1) is 11.0. The average Bonchev–Trinajstić information content (AvgIpc) is 3.07. The maximum absolute atomic E-state index is 4.35. The van der Waals surface area contributed by atoms with Crippen LogP contribution in [-0.4, -0.2) is 22.9 Å². The number of aliphatic imine (C=N–C) groups is 1. The number of imidazole rings is 1. The minimum atomic E-state index is 0.839. The molecule has 1 aromatic heterocycles. The Morgan fingerprint density at radius 3 is 2.83 bits per heavy atom. The number of nitrogens with zero attached hydrogens (tertiary/aromatic N) is 2. The van der Waals surface area contributed by atoms with Crippen LogP contribution < -0.4 is 5.32 Å². The molecular weight excluding hydrogens is 224 g/mol. The van der Waals surface area contributed by atoms with Gasteiger partial charge in [-0.1, -0.05) is 12.1 Å². The molecule has 0 aliphatic heterocycles. The van der Waals surface area contributed by atoms with E-state index in [9.17, 15) is 0 Å². The van der Waals surface area contributed by atoms with Gasteiger partial charge in [0.2, 0.25) is 0 Å². The highest BCUT2D eigenvalue weighted by atomic mass is 14.9. The van der Waals surface area contributed by atoms with Gasteiger partial charge in [-0.3, -0.25) is 4.99 Å². The van der Waals surface area contributed by atoms with Crippen molar-refractivity contribution in [1.82, 2.24) is 9.97 Å². The number of aromatic amines is 1. The number of rotatable bonds is 5. The molecule has 1 fully saturated rings. The van der Waals surface area contributed by atoms with E-state index in [2.05, 4.69) is 32.4 Å². The topological polar surface area (TPSA) is 53.1 Å². The van der Waals surface area contributed by atoms with Crippen molar-refractivity contribution in [1.29, 1.82) is 0 Å². The lowest BCUT2D eigenvalue weighted by Crippen LogP contribution is -1.96. The highest BCUT2D eigenvalue weighted by Crippen LogP contribution is 2.28. The predicted octanol–water partition coefficient (Wildman–Crippen LogP) is 2.93. The third-order valence-electron chi connectivity index (χ3n) is 3.08. The zero-order valence-corrected chi connectivity index (χ0v) is 10.1. The molecule has 0 atom stereocenters. The van der Waals surface area contributed by atoms with Gasteiger partial charge in [0.15, 0.2) is 0 Å². The van der Waals surface area contributed by atoms with E-state index in [1.165, 1.54) is 12.8 Å². The zero-order chi connectivity index (χ0) is 12.2. The Morgan fingerprint density at radius 2 is 2.17 bits per heavy atom. The van der Waals surface area contributed by atoms with Gasteiger partial charge in [0, 0.05) is 12.2 Å². The van der Waals surface area contributed by atoms with Crippen LogP contribution in [-0.2, 0) is 0 Å². The second-order valence-electron chi connectivity index (χ2n) is 4.62. The smallest absolute Gasteiger partial charge is 0.0924 e. The molecular formula is C14H16N4. The molecule has 2 aromatic rings. The van der Waals surface area contributed by atoms with Crippen molar-refractivity contribution in [3.05, 3.63) is 36.8 Å². The first-order chi connectivity index (χ1) is 8.92. The van der Waals surface area contributed by atoms with Crippen LogP contribution in [0.1, 0.15) is 12.8 Å². The second kappa shape index (κ2) is 5.04. The Labute approximate surface area is 106 Å². The second-order valence-corrected chi connectivity index (χ2v) is 4.62. The van der Waals surface area contributed by atoms with Crippen LogP contribution in [0.4, 0.5) is 5.69 Å². The van der Waals surface area contributed by atoms with Gasteiger partial charge >= 0.3 is 0 Å². The fraction of sp³-hybridized carbons (Fsp3) is 0.286. The standard InChI is InChI=1S/C14H16N4/c1-2-11(1)7-15-9-17-13-5-3-12(4-6-13)14-8-16-10-18-14/h3-6,8-11H,1-2,7H2,(H,15,17)(H,16,18). The molecule has 0 radical (unpaired) electrons. The Balaban J connectivity index is 1.58. The molecule has 1 saturated carbocycles. The Hall–Kier alpha value is -2.10. The Kier molecular flexibility index (Phi) is 3.08. The number of nitrogens with one attached hydrogen (secondary N) is 2. The maximum Gasteiger partial charge on any atom is 0.0924 e. The monoisotopic (exact) mass is 240 g/mol. The van der Waals surface area contributed by atoms with E-state index in [1.54, 1.807) is 12.7 Å². The third-order valence-corrected chi connectivity index (χ3v) is 3.08. The average molecular weight is 240 g/mol. The van der Waals surface area contributed by atoms with Gasteiger partial charge in [-0.05, 0) is 36.5 Å². The van der Waals surface area contributed by atoms with Crippen molar-refractivity contribution < 1.29 is 0 Å². The largest absolute Gasteiger partial charge is 0.347 e. The summed E-state index contributed by atoms with van der Waals surface area (Å²) in [4.78, 5) is 11.4. The SMILES string of the molecule is C(=NCC1CC1)Nc1ccc(-c2cnc[nH]2)cc1. The molecule has 1 aliphatic rings. The number of hydrogen-bond donors (Lipinski definition) is 2. The van der Waals surface area contributed by atoms with E-state index in [4.69, 9.17) is 0 Å². The van der Waals surface area contributed by atoms with Crippen LogP contribution in [0.25, 0.3) is 11.3 Å². The lowest BCUT2D eigenvalue weighted by Gasteiger charge is -2.02. The fourth-order valence-corrected chi connectivity index (χ4v) is 1.78. The summed E-state index contributed by atoms with van der Waals surface area (Å²) in [6, 6.07) is 8.20. The van der Waals surface area contributed by atoms with Crippen molar-refractivity contribution in [2.75, 3.05) is 11.9 Å². The number of hydrogen-bond acceptors (Lipinski definition) is 2. The molecule has 2 N–H and O–H groups in total. The first-order valence-corrected chi connectivity index (χ1v) is 6.25. The number of H-pyrrole nitrogens is 1. The molecule has 1 heterocycles. The molecule has 1 aromatic carbocycles. The molecule has 1 aliphatic carbocycles. The minimum absolute atomic E-state index is 0.839. The number of benzene rings is 1. The van der Waals surface area contributed by atoms with Crippen LogP contribution in [0, 0.1) is 5.92 Å². The molecule has 3 rings (SSSR count). The molecule has 0 saturated heterocycles. The van der Waals surface area contributed by atoms with E-state index in [-0.39, 0.29) is 0 Å². The summed E-state index contributed by atoms with van der Waals surface area (Å²) < 4.78 is 0. The summed E-state index contributed by atoms with van der Waals surface area (Å²) in [5, 5.41) is 3.18. The highest BCUT2D eigenvalue weighted by Gasteiger charge is 2.19. The fourth-order valence-electron chi connectivity index (χ4n) is 1.78. The number of anilines is 1. The summed E-state index contributed by atoms with van der Waals surface area (Å²) in [5.41, 5.74) is 3.22. The highest BCUT2D eigenvalue weighted by molar-refractivity contribution is 5.76. The van der Waals surface area contributed by atoms with Crippen molar-refractivity contribution >= 4 is 12.0 Å². The van der Waals surface area contributed by atoms with E-state index >= 15 is 0 Å². The van der Waals surface area contributed by atoms with Crippen LogP contribution in [0.2, 0.25) is 0 Å². The van der Waals surface area contributed by atoms with Gasteiger partial charge in [0.25, 0.3) is 0 Å². The molecule has 0 bridgehead atoms. The lowest BCUT2D eigenvalue weighted by molar-refractivity contribution is 0.851. The normalized spacial score (nSPS) is 15.1. The molecule has 0 spiro atoms. The van der Waals surface area contributed by atoms with Crippen molar-refractivity contribution in [2.45, 2.75) is 12.8 Å². The summed E-state index contributed by atoms with van der Waals surface area (Å²) in [6.07, 6.45) is 7.99. The zero-order valence-electron chi connectivity index (χ0n) is 10.1. The van der Waals surface area contributed by atoms with E-state index in [0.29, 0.717) is 0 Å². The summed E-state index contributed by atoms with van der Waals surface area (Å²) in [6.45, 7) is 0.958. The van der Waals surface area contributed by atoms with Crippen LogP contribution in [0.15, 0.2) is 41.8 Å². The maximum atomic E-state index is 4.35. The minimum Gasteiger partial charge on any atom is -0.347 e. The molecule has 0 unspecified atom stereocenters. The molecule has 4 heteroatoms. The van der Waals surface area contributed by atoms with Crippen molar-refractivity contribution in [3.8, 4) is 11.3 Å². The van der Waals surface area contributed by atoms with Crippen LogP contribution >= 0.6 is 0 Å². The summed E-state index contributed by atoms with van der Waals surface area (Å²) >= 11 is 0. The molecule has 0 amide bonds. The van der Waals surface area contributed by atoms with Crippen molar-refractivity contribution in [3.63, 3.8) is 0 Å². The van der Waals surface area contributed by atoms with E-state index in [0.717, 1.165) is 29.4 Å². The van der Waals surface area contributed by atoms with Crippen LogP contribution in [0.5, 0.6) is 0 Å². The Morgan fingerprint density at radius 1 is 1.33 bits per heavy atom.